The Morgan fingerprint density at radius 3 is 2.42 bits per heavy atom. The number of carbonyl (C=O) groups is 1. The zero-order valence-corrected chi connectivity index (χ0v) is 17.8. The van der Waals surface area contributed by atoms with Crippen LogP contribution in [0.25, 0.3) is 21.7 Å². The Labute approximate surface area is 191 Å². The van der Waals surface area contributed by atoms with E-state index in [-0.39, 0.29) is 17.3 Å². The molecule has 0 fully saturated rings. The minimum absolute atomic E-state index is 0.0340. The third-order valence-electron chi connectivity index (χ3n) is 5.34. The van der Waals surface area contributed by atoms with Crippen LogP contribution in [0.15, 0.2) is 87.8 Å². The highest BCUT2D eigenvalue weighted by molar-refractivity contribution is 6.31. The highest BCUT2D eigenvalue weighted by Gasteiger charge is 2.19. The van der Waals surface area contributed by atoms with Gasteiger partial charge in [-0.2, -0.15) is 5.10 Å². The molecule has 8 nitrogen and oxygen atoms in total. The average Bonchev–Trinajstić information content (AvgIpc) is 3.10. The summed E-state index contributed by atoms with van der Waals surface area (Å²) in [4.78, 5) is 24.8. The Balaban J connectivity index is 1.57. The van der Waals surface area contributed by atoms with Crippen LogP contribution in [0, 0.1) is 0 Å². The fourth-order valence-electron chi connectivity index (χ4n) is 3.75. The Hall–Kier alpha value is -4.30. The van der Waals surface area contributed by atoms with Gasteiger partial charge in [0, 0.05) is 15.8 Å². The Morgan fingerprint density at radius 2 is 1.64 bits per heavy atom. The van der Waals surface area contributed by atoms with Crippen molar-refractivity contribution < 1.29 is 9.90 Å². The van der Waals surface area contributed by atoms with Gasteiger partial charge in [-0.3, -0.25) is 9.59 Å². The lowest BCUT2D eigenvalue weighted by atomic mass is 10.1. The van der Waals surface area contributed by atoms with E-state index >= 15 is 0 Å². The van der Waals surface area contributed by atoms with Crippen LogP contribution in [0.3, 0.4) is 0 Å². The molecule has 0 saturated heterocycles. The summed E-state index contributed by atoms with van der Waals surface area (Å²) in [5, 5.41) is 26.9. The van der Waals surface area contributed by atoms with Crippen LogP contribution in [0.5, 0.6) is 5.88 Å². The molecule has 2 heterocycles. The second-order valence-electron chi connectivity index (χ2n) is 7.32. The number of benzene rings is 3. The van der Waals surface area contributed by atoms with Crippen molar-refractivity contribution in [3.05, 3.63) is 99.4 Å². The van der Waals surface area contributed by atoms with Gasteiger partial charge >= 0.3 is 5.91 Å². The topological polar surface area (TPSA) is 113 Å². The van der Waals surface area contributed by atoms with E-state index in [0.29, 0.717) is 33.2 Å². The van der Waals surface area contributed by atoms with Crippen LogP contribution in [-0.4, -0.2) is 25.8 Å². The zero-order chi connectivity index (χ0) is 22.9. The molecule has 162 valence electrons. The van der Waals surface area contributed by atoms with Crippen LogP contribution in [-0.2, 0) is 6.54 Å². The first-order chi connectivity index (χ1) is 16.0. The number of aromatic amines is 1. The van der Waals surface area contributed by atoms with Crippen molar-refractivity contribution in [2.45, 2.75) is 6.54 Å². The van der Waals surface area contributed by atoms with Crippen LogP contribution >= 0.6 is 11.6 Å². The molecule has 1 amide bonds. The van der Waals surface area contributed by atoms with Crippen molar-refractivity contribution in [3.63, 3.8) is 0 Å². The normalized spacial score (nSPS) is 11.5. The van der Waals surface area contributed by atoms with E-state index in [1.54, 1.807) is 47.0 Å². The number of amides is 1. The number of nitrogens with one attached hydrogen (secondary N) is 1. The van der Waals surface area contributed by atoms with Gasteiger partial charge in [0.05, 0.1) is 17.4 Å². The third-order valence-corrected chi connectivity index (χ3v) is 5.71. The standard InChI is InChI=1S/C24H16ClN5O3/c25-18-11-5-1-7-14(18)13-30-19-12-6-4-10-17(19)21(24(30)33)27-29-23(32)20-15-8-2-3-9-16(15)22(31)28-26-20/h1-12,33H,13H2,(H,28,31). The molecule has 0 aliphatic rings. The summed E-state index contributed by atoms with van der Waals surface area (Å²) in [5.74, 6) is -0.892. The molecule has 0 bridgehead atoms. The first kappa shape index (κ1) is 20.6. The zero-order valence-electron chi connectivity index (χ0n) is 17.1. The number of hydrogen-bond donors (Lipinski definition) is 2. The lowest BCUT2D eigenvalue weighted by Gasteiger charge is -2.08. The summed E-state index contributed by atoms with van der Waals surface area (Å²) in [6.07, 6.45) is 0. The van der Waals surface area contributed by atoms with Gasteiger partial charge in [-0.15, -0.1) is 10.2 Å². The van der Waals surface area contributed by atoms with E-state index in [9.17, 15) is 14.7 Å². The van der Waals surface area contributed by atoms with Crippen molar-refractivity contribution >= 4 is 44.9 Å². The summed E-state index contributed by atoms with van der Waals surface area (Å²) in [7, 11) is 0. The SMILES string of the molecule is O=C(N=Nc1c(O)n(Cc2ccccc2Cl)c2ccccc12)c1n[nH]c(=O)c2ccccc12. The fourth-order valence-corrected chi connectivity index (χ4v) is 3.94. The highest BCUT2D eigenvalue weighted by atomic mass is 35.5. The predicted octanol–water partition coefficient (Wildman–Crippen LogP) is 5.21. The number of azo groups is 1. The van der Waals surface area contributed by atoms with Gasteiger partial charge in [0.25, 0.3) is 5.56 Å². The molecule has 3 aromatic carbocycles. The summed E-state index contributed by atoms with van der Waals surface area (Å²) < 4.78 is 1.66. The molecule has 0 unspecified atom stereocenters. The first-order valence-electron chi connectivity index (χ1n) is 10.0. The van der Waals surface area contributed by atoms with Crippen molar-refractivity contribution in [2.24, 2.45) is 10.2 Å². The van der Waals surface area contributed by atoms with Crippen LogP contribution in [0.2, 0.25) is 5.02 Å². The van der Waals surface area contributed by atoms with E-state index < -0.39 is 11.5 Å². The molecule has 9 heteroatoms. The Morgan fingerprint density at radius 1 is 0.970 bits per heavy atom. The molecule has 0 aliphatic heterocycles. The minimum Gasteiger partial charge on any atom is -0.493 e. The number of hydrogen-bond acceptors (Lipinski definition) is 5. The molecule has 0 spiro atoms. The molecule has 5 rings (SSSR count). The first-order valence-corrected chi connectivity index (χ1v) is 10.4. The summed E-state index contributed by atoms with van der Waals surface area (Å²) in [6.45, 7) is 0.307. The maximum absolute atomic E-state index is 12.8. The van der Waals surface area contributed by atoms with Gasteiger partial charge < -0.3 is 9.67 Å². The lowest BCUT2D eigenvalue weighted by molar-refractivity contribution is 0.0991. The number of aromatic nitrogens is 3. The quantitative estimate of drug-likeness (QED) is 0.360. The molecule has 5 aromatic rings. The third kappa shape index (κ3) is 3.66. The van der Waals surface area contributed by atoms with E-state index in [0.717, 1.165) is 5.56 Å². The molecular weight excluding hydrogens is 442 g/mol. The molecule has 2 N–H and O–H groups in total. The molecule has 0 saturated carbocycles. The maximum atomic E-state index is 12.8. The van der Waals surface area contributed by atoms with Crippen molar-refractivity contribution in [1.82, 2.24) is 14.8 Å². The van der Waals surface area contributed by atoms with Crippen molar-refractivity contribution in [2.75, 3.05) is 0 Å². The van der Waals surface area contributed by atoms with Gasteiger partial charge in [0.2, 0.25) is 5.88 Å². The van der Waals surface area contributed by atoms with E-state index in [2.05, 4.69) is 20.4 Å². The van der Waals surface area contributed by atoms with Gasteiger partial charge in [-0.05, 0) is 23.8 Å². The number of para-hydroxylation sites is 1. The Kier molecular flexibility index (Phi) is 5.20. The number of carbonyl (C=O) groups excluding carboxylic acids is 1. The van der Waals surface area contributed by atoms with Gasteiger partial charge in [-0.1, -0.05) is 66.2 Å². The smallest absolute Gasteiger partial charge is 0.316 e. The molecule has 33 heavy (non-hydrogen) atoms. The molecule has 0 atom stereocenters. The average molecular weight is 458 g/mol. The second kappa shape index (κ2) is 8.33. The number of aromatic hydroxyl groups is 1. The molecule has 2 aromatic heterocycles. The number of halogens is 1. The summed E-state index contributed by atoms with van der Waals surface area (Å²) in [5.41, 5.74) is 1.25. The van der Waals surface area contributed by atoms with Crippen LogP contribution in [0.1, 0.15) is 16.1 Å². The number of rotatable bonds is 4. The molecular formula is C24H16ClN5O3. The van der Waals surface area contributed by atoms with Crippen LogP contribution < -0.4 is 5.56 Å². The summed E-state index contributed by atoms with van der Waals surface area (Å²) in [6, 6.07) is 21.2. The molecule has 0 aliphatic carbocycles. The Bertz CT molecular complexity index is 1620. The van der Waals surface area contributed by atoms with Crippen molar-refractivity contribution in [1.29, 1.82) is 0 Å². The second-order valence-corrected chi connectivity index (χ2v) is 7.73. The van der Waals surface area contributed by atoms with Crippen molar-refractivity contribution in [3.8, 4) is 5.88 Å². The van der Waals surface area contributed by atoms with E-state index in [1.807, 2.05) is 30.3 Å². The number of H-pyrrole nitrogens is 1. The predicted molar refractivity (Wildman–Crippen MR) is 125 cm³/mol. The minimum atomic E-state index is -0.746. The molecule has 0 radical (unpaired) electrons. The number of nitrogens with zero attached hydrogens (tertiary/aromatic N) is 4. The number of fused-ring (bicyclic) bond motifs is 2. The van der Waals surface area contributed by atoms with Gasteiger partial charge in [0.15, 0.2) is 11.4 Å². The lowest BCUT2D eigenvalue weighted by Crippen LogP contribution is -2.13. The van der Waals surface area contributed by atoms with Gasteiger partial charge in [-0.25, -0.2) is 5.10 Å². The van der Waals surface area contributed by atoms with Gasteiger partial charge in [0.1, 0.15) is 0 Å². The van der Waals surface area contributed by atoms with E-state index in [1.165, 1.54) is 0 Å². The maximum Gasteiger partial charge on any atom is 0.316 e. The summed E-state index contributed by atoms with van der Waals surface area (Å²) >= 11 is 6.30. The highest BCUT2D eigenvalue weighted by Crippen LogP contribution is 2.39. The van der Waals surface area contributed by atoms with E-state index in [4.69, 9.17) is 11.6 Å². The largest absolute Gasteiger partial charge is 0.493 e. The monoisotopic (exact) mass is 457 g/mol. The fraction of sp³-hybridized carbons (Fsp3) is 0.0417. The van der Waals surface area contributed by atoms with Crippen LogP contribution in [0.4, 0.5) is 5.69 Å².